The molecule has 1 aromatic rings. The monoisotopic (exact) mass is 407 g/mol. The van der Waals surface area contributed by atoms with Gasteiger partial charge in [0.15, 0.2) is 6.61 Å². The number of sulfonamides is 1. The van der Waals surface area contributed by atoms with Gasteiger partial charge < -0.3 is 10.1 Å². The summed E-state index contributed by atoms with van der Waals surface area (Å²) >= 11 is 0. The van der Waals surface area contributed by atoms with Gasteiger partial charge in [-0.2, -0.15) is 5.26 Å². The maximum Gasteiger partial charge on any atom is 0.338 e. The predicted octanol–water partition coefficient (Wildman–Crippen LogP) is 1.87. The van der Waals surface area contributed by atoms with Gasteiger partial charge in [-0.3, -0.25) is 4.79 Å². The van der Waals surface area contributed by atoms with Gasteiger partial charge in [0, 0.05) is 6.04 Å². The lowest BCUT2D eigenvalue weighted by atomic mass is 9.83. The van der Waals surface area contributed by atoms with Crippen molar-refractivity contribution in [2.45, 2.75) is 62.4 Å². The van der Waals surface area contributed by atoms with Crippen LogP contribution >= 0.6 is 0 Å². The molecule has 0 unspecified atom stereocenters. The van der Waals surface area contributed by atoms with Gasteiger partial charge in [0.05, 0.1) is 16.5 Å². The quantitative estimate of drug-likeness (QED) is 0.665. The number of hydrogen-bond donors (Lipinski definition) is 2. The van der Waals surface area contributed by atoms with E-state index in [0.29, 0.717) is 12.8 Å². The van der Waals surface area contributed by atoms with Gasteiger partial charge in [-0.05, 0) is 44.9 Å². The van der Waals surface area contributed by atoms with E-state index in [-0.39, 0.29) is 16.5 Å². The molecule has 1 aliphatic rings. The Hall–Kier alpha value is -2.44. The first kappa shape index (κ1) is 21.9. The van der Waals surface area contributed by atoms with Crippen molar-refractivity contribution >= 4 is 21.9 Å². The largest absolute Gasteiger partial charge is 0.452 e. The van der Waals surface area contributed by atoms with Gasteiger partial charge in [-0.25, -0.2) is 17.9 Å². The average molecular weight is 407 g/mol. The van der Waals surface area contributed by atoms with E-state index in [4.69, 9.17) is 4.74 Å². The highest BCUT2D eigenvalue weighted by Crippen LogP contribution is 2.27. The lowest BCUT2D eigenvalue weighted by Gasteiger charge is -2.31. The second kappa shape index (κ2) is 9.17. The summed E-state index contributed by atoms with van der Waals surface area (Å²) in [4.78, 5) is 24.3. The molecule has 1 fully saturated rings. The fourth-order valence-corrected chi connectivity index (χ4v) is 4.40. The highest BCUT2D eigenvalue weighted by molar-refractivity contribution is 7.89. The maximum atomic E-state index is 12.2. The van der Waals surface area contributed by atoms with E-state index in [1.807, 2.05) is 0 Å². The highest BCUT2D eigenvalue weighted by Gasteiger charge is 2.33. The number of nitriles is 1. The fraction of sp³-hybridized carbons (Fsp3) is 0.526. The number of carbonyl (C=O) groups excluding carboxylic acids is 2. The Labute approximate surface area is 165 Å². The van der Waals surface area contributed by atoms with E-state index >= 15 is 0 Å². The van der Waals surface area contributed by atoms with Crippen LogP contribution < -0.4 is 10.0 Å². The van der Waals surface area contributed by atoms with Gasteiger partial charge in [0.2, 0.25) is 10.0 Å². The van der Waals surface area contributed by atoms with Crippen molar-refractivity contribution < 1.29 is 22.7 Å². The molecule has 2 rings (SSSR count). The number of esters is 1. The first-order valence-electron chi connectivity index (χ1n) is 9.19. The van der Waals surface area contributed by atoms with Crippen LogP contribution in [0.4, 0.5) is 0 Å². The molecule has 0 saturated heterocycles. The van der Waals surface area contributed by atoms with Crippen LogP contribution in [0.5, 0.6) is 0 Å². The second-order valence-electron chi connectivity index (χ2n) is 7.18. The summed E-state index contributed by atoms with van der Waals surface area (Å²) in [5.41, 5.74) is -0.884. The number of carbonyl (C=O) groups is 2. The zero-order valence-electron chi connectivity index (χ0n) is 16.0. The summed E-state index contributed by atoms with van der Waals surface area (Å²) in [6.07, 6.45) is 3.90. The third-order valence-electron chi connectivity index (χ3n) is 4.41. The zero-order valence-corrected chi connectivity index (χ0v) is 16.8. The minimum Gasteiger partial charge on any atom is -0.452 e. The number of nitrogens with zero attached hydrogens (tertiary/aromatic N) is 1. The van der Waals surface area contributed by atoms with Gasteiger partial charge in [-0.15, -0.1) is 0 Å². The molecule has 1 saturated carbocycles. The molecule has 9 heteroatoms. The van der Waals surface area contributed by atoms with Crippen molar-refractivity contribution in [3.8, 4) is 6.07 Å². The molecule has 1 aliphatic carbocycles. The van der Waals surface area contributed by atoms with E-state index in [2.05, 4.69) is 16.1 Å². The van der Waals surface area contributed by atoms with Crippen molar-refractivity contribution in [1.82, 2.24) is 10.0 Å². The van der Waals surface area contributed by atoms with Gasteiger partial charge in [0.1, 0.15) is 5.54 Å². The number of amides is 1. The number of benzene rings is 1. The number of hydrogen-bond acceptors (Lipinski definition) is 6. The van der Waals surface area contributed by atoms with Crippen LogP contribution in [0.3, 0.4) is 0 Å². The van der Waals surface area contributed by atoms with Crippen molar-refractivity contribution in [3.63, 3.8) is 0 Å². The minimum absolute atomic E-state index is 0.0205. The highest BCUT2D eigenvalue weighted by atomic mass is 32.2. The van der Waals surface area contributed by atoms with E-state index in [9.17, 15) is 23.3 Å². The summed E-state index contributed by atoms with van der Waals surface area (Å²) in [5.74, 6) is -1.37. The zero-order chi connectivity index (χ0) is 20.8. The summed E-state index contributed by atoms with van der Waals surface area (Å²) in [5, 5.41) is 12.0. The molecule has 0 bridgehead atoms. The summed E-state index contributed by atoms with van der Waals surface area (Å²) in [6, 6.07) is 7.27. The third-order valence-corrected chi connectivity index (χ3v) is 6.06. The molecule has 1 amide bonds. The Kier molecular flexibility index (Phi) is 7.16. The molecular weight excluding hydrogens is 382 g/mol. The van der Waals surface area contributed by atoms with Crippen molar-refractivity contribution in [2.24, 2.45) is 0 Å². The molecule has 0 aliphatic heterocycles. The molecule has 2 N–H and O–H groups in total. The van der Waals surface area contributed by atoms with Crippen molar-refractivity contribution in [1.29, 1.82) is 5.26 Å². The van der Waals surface area contributed by atoms with Crippen LogP contribution in [0, 0.1) is 11.3 Å². The average Bonchev–Trinajstić information content (AvgIpc) is 2.66. The summed E-state index contributed by atoms with van der Waals surface area (Å²) in [7, 11) is -3.75. The molecule has 0 spiro atoms. The minimum atomic E-state index is -3.75. The first-order valence-corrected chi connectivity index (χ1v) is 10.7. The number of ether oxygens (including phenoxy) is 1. The van der Waals surface area contributed by atoms with Crippen LogP contribution in [0.25, 0.3) is 0 Å². The van der Waals surface area contributed by atoms with E-state index in [1.54, 1.807) is 13.8 Å². The molecule has 0 aromatic heterocycles. The van der Waals surface area contributed by atoms with Gasteiger partial charge in [-0.1, -0.05) is 25.3 Å². The standard InChI is InChI=1S/C19H25N3O5S/c1-14(2)22-28(25,26)16-8-6-7-15(11-16)18(24)27-12-17(23)21-19(13-20)9-4-3-5-10-19/h6-8,11,14,22H,3-5,9-10,12H2,1-2H3,(H,21,23). The van der Waals surface area contributed by atoms with E-state index in [0.717, 1.165) is 19.3 Å². The molecular formula is C19H25N3O5S. The summed E-state index contributed by atoms with van der Waals surface area (Å²) < 4.78 is 31.9. The SMILES string of the molecule is CC(C)NS(=O)(=O)c1cccc(C(=O)OCC(=O)NC2(C#N)CCCCC2)c1. The molecule has 0 atom stereocenters. The third kappa shape index (κ3) is 5.78. The molecule has 1 aromatic carbocycles. The van der Waals surface area contributed by atoms with Crippen LogP contribution in [0.2, 0.25) is 0 Å². The van der Waals surface area contributed by atoms with Crippen molar-refractivity contribution in [3.05, 3.63) is 29.8 Å². The number of nitrogens with one attached hydrogen (secondary N) is 2. The van der Waals surface area contributed by atoms with Gasteiger partial charge in [0.25, 0.3) is 5.91 Å². The summed E-state index contributed by atoms with van der Waals surface area (Å²) in [6.45, 7) is 2.84. The Morgan fingerprint density at radius 1 is 1.25 bits per heavy atom. The van der Waals surface area contributed by atoms with Crippen molar-refractivity contribution in [2.75, 3.05) is 6.61 Å². The molecule has 0 heterocycles. The van der Waals surface area contributed by atoms with E-state index in [1.165, 1.54) is 24.3 Å². The maximum absolute atomic E-state index is 12.2. The smallest absolute Gasteiger partial charge is 0.338 e. The van der Waals surface area contributed by atoms with Crippen LogP contribution in [0.15, 0.2) is 29.2 Å². The van der Waals surface area contributed by atoms with Crippen LogP contribution in [0.1, 0.15) is 56.3 Å². The second-order valence-corrected chi connectivity index (χ2v) is 8.90. The normalized spacial score (nSPS) is 16.2. The Morgan fingerprint density at radius 2 is 1.93 bits per heavy atom. The molecule has 0 radical (unpaired) electrons. The topological polar surface area (TPSA) is 125 Å². The van der Waals surface area contributed by atoms with Gasteiger partial charge >= 0.3 is 5.97 Å². The molecule has 8 nitrogen and oxygen atoms in total. The number of rotatable bonds is 7. The molecule has 28 heavy (non-hydrogen) atoms. The lowest BCUT2D eigenvalue weighted by Crippen LogP contribution is -2.50. The van der Waals surface area contributed by atoms with E-state index < -0.39 is 34.0 Å². The Morgan fingerprint density at radius 3 is 2.54 bits per heavy atom. The first-order chi connectivity index (χ1) is 13.2. The molecule has 152 valence electrons. The Bertz CT molecular complexity index is 868. The predicted molar refractivity (Wildman–Crippen MR) is 102 cm³/mol. The fourth-order valence-electron chi connectivity index (χ4n) is 3.11. The Balaban J connectivity index is 1.99. The lowest BCUT2D eigenvalue weighted by molar-refractivity contribution is -0.125. The van der Waals surface area contributed by atoms with Crippen LogP contribution in [-0.2, 0) is 19.6 Å². The van der Waals surface area contributed by atoms with Crippen LogP contribution in [-0.4, -0.2) is 38.5 Å².